The number of nitrogens with zero attached hydrogens (tertiary/aromatic N) is 1. The van der Waals surface area contributed by atoms with Crippen LogP contribution in [0.15, 0.2) is 24.0 Å². The molecule has 13 heteroatoms. The van der Waals surface area contributed by atoms with Gasteiger partial charge in [0.2, 0.25) is 0 Å². The van der Waals surface area contributed by atoms with E-state index in [4.69, 9.17) is 35.2 Å². The smallest absolute Gasteiger partial charge is 0.323 e. The summed E-state index contributed by atoms with van der Waals surface area (Å²) in [5.74, 6) is -2.27. The lowest BCUT2D eigenvalue weighted by Gasteiger charge is -2.62. The Morgan fingerprint density at radius 1 is 1.00 bits per heavy atom. The molecule has 2 bridgehead atoms. The van der Waals surface area contributed by atoms with E-state index in [-0.39, 0.29) is 54.8 Å². The molecule has 1 aromatic rings. The molecule has 5 rings (SSSR count). The third-order valence-electron chi connectivity index (χ3n) is 9.34. The highest BCUT2D eigenvalue weighted by Gasteiger charge is 2.74. The van der Waals surface area contributed by atoms with E-state index in [1.54, 1.807) is 12.1 Å². The van der Waals surface area contributed by atoms with E-state index in [1.807, 2.05) is 40.8 Å². The number of carbonyl (C=O) groups excluding carboxylic acids is 4. The third-order valence-corrected chi connectivity index (χ3v) is 9.34. The van der Waals surface area contributed by atoms with Crippen molar-refractivity contribution in [2.45, 2.75) is 95.0 Å². The number of likely N-dealkylation sites (N-methyl/N-ethyl adjacent to an activating group) is 1. The number of carbonyl (C=O) groups is 4. The van der Waals surface area contributed by atoms with Crippen LogP contribution in [0.1, 0.15) is 64.5 Å². The number of esters is 4. The zero-order valence-electron chi connectivity index (χ0n) is 27.1. The Morgan fingerprint density at radius 2 is 1.61 bits per heavy atom. The molecule has 1 fully saturated rings. The van der Waals surface area contributed by atoms with Gasteiger partial charge in [0.25, 0.3) is 0 Å². The number of nitrogens with two attached hydrogens (primary N) is 2. The maximum atomic E-state index is 13.6. The lowest BCUT2D eigenvalue weighted by Crippen LogP contribution is -2.75. The van der Waals surface area contributed by atoms with Gasteiger partial charge in [-0.25, -0.2) is 0 Å². The van der Waals surface area contributed by atoms with Crippen LogP contribution >= 0.6 is 0 Å². The molecule has 13 nitrogen and oxygen atoms in total. The summed E-state index contributed by atoms with van der Waals surface area (Å²) < 4.78 is 29.1. The van der Waals surface area contributed by atoms with E-state index in [9.17, 15) is 24.3 Å². The van der Waals surface area contributed by atoms with Crippen molar-refractivity contribution in [2.24, 2.45) is 23.3 Å². The Bertz CT molecular complexity index is 1430. The van der Waals surface area contributed by atoms with E-state index in [0.717, 1.165) is 5.56 Å². The average molecular weight is 644 g/mol. The number of ether oxygens (including phenoxy) is 5. The van der Waals surface area contributed by atoms with Gasteiger partial charge < -0.3 is 40.3 Å². The Balaban J connectivity index is 1.45. The molecule has 46 heavy (non-hydrogen) atoms. The fourth-order valence-corrected chi connectivity index (χ4v) is 7.26. The van der Waals surface area contributed by atoms with Crippen LogP contribution in [-0.2, 0) is 50.0 Å². The highest BCUT2D eigenvalue weighted by molar-refractivity contribution is 5.84. The molecule has 252 valence electrons. The number of hydrogen-bond acceptors (Lipinski definition) is 13. The minimum atomic E-state index is -1.22. The second-order valence-corrected chi connectivity index (χ2v) is 13.7. The van der Waals surface area contributed by atoms with Gasteiger partial charge in [-0.05, 0) is 56.0 Å². The number of aromatic hydroxyl groups is 1. The first-order chi connectivity index (χ1) is 21.7. The molecule has 4 aliphatic rings. The lowest BCUT2D eigenvalue weighted by atomic mass is 9.50. The van der Waals surface area contributed by atoms with Crippen LogP contribution in [0, 0.1) is 11.8 Å². The van der Waals surface area contributed by atoms with Crippen molar-refractivity contribution in [1.82, 2.24) is 4.90 Å². The van der Waals surface area contributed by atoms with Crippen molar-refractivity contribution in [1.29, 1.82) is 0 Å². The summed E-state index contributed by atoms with van der Waals surface area (Å²) in [6.07, 6.45) is 1.00. The lowest BCUT2D eigenvalue weighted by molar-refractivity contribution is -0.206. The van der Waals surface area contributed by atoms with Gasteiger partial charge >= 0.3 is 23.9 Å². The number of hydrogen-bond donors (Lipinski definition) is 3. The number of benzene rings is 1. The van der Waals surface area contributed by atoms with Gasteiger partial charge in [-0.2, -0.15) is 0 Å². The first-order valence-corrected chi connectivity index (χ1v) is 15.9. The number of phenols is 1. The van der Waals surface area contributed by atoms with Gasteiger partial charge in [-0.3, -0.25) is 24.1 Å². The van der Waals surface area contributed by atoms with Crippen molar-refractivity contribution in [3.8, 4) is 11.5 Å². The van der Waals surface area contributed by atoms with Crippen LogP contribution in [0.4, 0.5) is 0 Å². The predicted molar refractivity (Wildman–Crippen MR) is 163 cm³/mol. The molecule has 1 aromatic carbocycles. The zero-order chi connectivity index (χ0) is 33.6. The van der Waals surface area contributed by atoms with E-state index < -0.39 is 65.9 Å². The second-order valence-electron chi connectivity index (χ2n) is 13.7. The number of piperidine rings is 1. The predicted octanol–water partition coefficient (Wildman–Crippen LogP) is 1.60. The Hall–Kier alpha value is -3.68. The second kappa shape index (κ2) is 12.8. The normalized spacial score (nSPS) is 27.2. The van der Waals surface area contributed by atoms with Gasteiger partial charge in [0.15, 0.2) is 17.6 Å². The highest BCUT2D eigenvalue weighted by atomic mass is 16.6. The molecule has 2 heterocycles. The molecule has 0 radical (unpaired) electrons. The van der Waals surface area contributed by atoms with Crippen molar-refractivity contribution in [3.05, 3.63) is 35.1 Å². The summed E-state index contributed by atoms with van der Waals surface area (Å²) in [5.41, 5.74) is 11.4. The van der Waals surface area contributed by atoms with Crippen LogP contribution < -0.4 is 16.2 Å². The van der Waals surface area contributed by atoms with Crippen LogP contribution in [0.5, 0.6) is 11.5 Å². The zero-order valence-corrected chi connectivity index (χ0v) is 27.1. The van der Waals surface area contributed by atoms with E-state index in [2.05, 4.69) is 4.90 Å². The van der Waals surface area contributed by atoms with Crippen LogP contribution in [0.25, 0.3) is 0 Å². The molecule has 5 N–H and O–H groups in total. The Kier molecular flexibility index (Phi) is 9.40. The summed E-state index contributed by atoms with van der Waals surface area (Å²) >= 11 is 0. The molecule has 6 atom stereocenters. The van der Waals surface area contributed by atoms with Gasteiger partial charge in [-0.1, -0.05) is 33.8 Å². The maximum Gasteiger partial charge on any atom is 0.323 e. The van der Waals surface area contributed by atoms with E-state index in [1.165, 1.54) is 0 Å². The van der Waals surface area contributed by atoms with Crippen molar-refractivity contribution >= 4 is 23.9 Å². The Labute approximate surface area is 268 Å². The highest BCUT2D eigenvalue weighted by Crippen LogP contribution is 2.66. The fourth-order valence-electron chi connectivity index (χ4n) is 7.26. The molecule has 0 saturated carbocycles. The van der Waals surface area contributed by atoms with Crippen LogP contribution in [0.2, 0.25) is 0 Å². The molecule has 0 unspecified atom stereocenters. The topological polar surface area (TPSA) is 190 Å². The molecule has 1 spiro atoms. The molecular formula is C33H45N3O10. The molecular weight excluding hydrogens is 598 g/mol. The van der Waals surface area contributed by atoms with Gasteiger partial charge in [-0.15, -0.1) is 0 Å². The number of likely N-dealkylation sites (tertiary alicyclic amines) is 1. The molecule has 2 aliphatic heterocycles. The first-order valence-electron chi connectivity index (χ1n) is 15.9. The largest absolute Gasteiger partial charge is 0.504 e. The SMILES string of the molecule is CC(C)COC(=O)[C@@H](N)CC(=O)OC1=CC[C@@]2(OC(=O)C[C@H](N)C(=O)OCC(C)C)[C@H]3Cc4ccc(O)c5c4[C@@]2(CCN3C)[C@H]1O5. The summed E-state index contributed by atoms with van der Waals surface area (Å²) in [6, 6.07) is 0.670. The average Bonchev–Trinajstić information content (AvgIpc) is 3.35. The minimum absolute atomic E-state index is 0.0874. The third kappa shape index (κ3) is 5.84. The van der Waals surface area contributed by atoms with E-state index in [0.29, 0.717) is 24.9 Å². The molecule has 1 saturated heterocycles. The minimum Gasteiger partial charge on any atom is -0.504 e. The van der Waals surface area contributed by atoms with Gasteiger partial charge in [0.05, 0.1) is 37.5 Å². The summed E-state index contributed by atoms with van der Waals surface area (Å²) in [4.78, 5) is 53.7. The van der Waals surface area contributed by atoms with E-state index >= 15 is 0 Å². The Morgan fingerprint density at radius 3 is 2.22 bits per heavy atom. The fraction of sp³-hybridized carbons (Fsp3) is 0.636. The quantitative estimate of drug-likeness (QED) is 0.220. The molecule has 2 aliphatic carbocycles. The van der Waals surface area contributed by atoms with Gasteiger partial charge in [0, 0.05) is 12.0 Å². The van der Waals surface area contributed by atoms with Crippen molar-refractivity contribution in [3.63, 3.8) is 0 Å². The summed E-state index contributed by atoms with van der Waals surface area (Å²) in [5, 5.41) is 10.9. The standard InChI is InChI=1S/C33H45N3O10/c1-17(2)15-42-30(40)20(34)13-25(38)44-23-8-9-33(46-26(39)14-21(35)31(41)43-16-18(3)4)24-12-19-6-7-22(37)28-27(19)32(33,29(23)45-28)10-11-36(24)5/h6-8,17-18,20-21,24,29,37H,9-16,34-35H2,1-5H3/t20-,21-,24+,29-,32-,33+/m0/s1. The molecule has 0 aromatic heterocycles. The first kappa shape index (κ1) is 33.7. The van der Waals surface area contributed by atoms with Crippen LogP contribution in [0.3, 0.4) is 0 Å². The summed E-state index contributed by atoms with van der Waals surface area (Å²) in [7, 11) is 1.96. The summed E-state index contributed by atoms with van der Waals surface area (Å²) in [6.45, 7) is 8.52. The monoisotopic (exact) mass is 643 g/mol. The van der Waals surface area contributed by atoms with Crippen molar-refractivity contribution < 1.29 is 48.0 Å². The molecule has 0 amide bonds. The van der Waals surface area contributed by atoms with Gasteiger partial charge in [0.1, 0.15) is 23.4 Å². The van der Waals surface area contributed by atoms with Crippen molar-refractivity contribution in [2.75, 3.05) is 26.8 Å². The number of phenolic OH excluding ortho intramolecular Hbond substituents is 1. The number of rotatable bonds is 12. The maximum absolute atomic E-state index is 13.6. The van der Waals surface area contributed by atoms with Crippen LogP contribution in [-0.4, -0.2) is 90.5 Å².